The molecule has 4 heterocycles. The molecule has 7 aromatic carbocycles. The number of aryl methyl sites for hydroxylation is 2. The van der Waals surface area contributed by atoms with Gasteiger partial charge in [0.25, 0.3) is 6.71 Å². The Bertz CT molecular complexity index is 3290. The summed E-state index contributed by atoms with van der Waals surface area (Å²) in [6.45, 7) is 24.8. The molecule has 0 spiro atoms. The maximum atomic E-state index is 2.98. The number of nitrogens with zero attached hydrogens (tertiary/aromatic N) is 3. The van der Waals surface area contributed by atoms with Gasteiger partial charge in [0, 0.05) is 50.6 Å². The van der Waals surface area contributed by atoms with Gasteiger partial charge in [-0.3, -0.25) is 0 Å². The Morgan fingerprint density at radius 3 is 1.76 bits per heavy atom. The molecule has 7 aromatic rings. The summed E-state index contributed by atoms with van der Waals surface area (Å²) in [5, 5.41) is 1.58. The second-order valence-corrected chi connectivity index (χ2v) is 30.0. The third-order valence-electron chi connectivity index (χ3n) is 19.0. The van der Waals surface area contributed by atoms with Gasteiger partial charge in [0.1, 0.15) is 0 Å². The average Bonchev–Trinajstić information content (AvgIpc) is 3.73. The highest BCUT2D eigenvalue weighted by Gasteiger charge is 2.66. The topological polar surface area (TPSA) is 9.72 Å². The summed E-state index contributed by atoms with van der Waals surface area (Å²) in [6, 6.07) is 58.6. The lowest BCUT2D eigenvalue weighted by atomic mass is 9.33. The number of rotatable bonds is 5. The van der Waals surface area contributed by atoms with Gasteiger partial charge in [0.05, 0.1) is 19.2 Å². The Balaban J connectivity index is 1.18. The van der Waals surface area contributed by atoms with E-state index < -0.39 is 8.07 Å². The number of benzene rings is 7. The lowest BCUT2D eigenvalue weighted by molar-refractivity contribution is 0.214. The summed E-state index contributed by atoms with van der Waals surface area (Å²) in [7, 11) is -1.81. The first-order valence-electron chi connectivity index (χ1n) is 26.7. The predicted molar refractivity (Wildman–Crippen MR) is 302 cm³/mol. The molecule has 0 radical (unpaired) electrons. The smallest absolute Gasteiger partial charge is 0.252 e. The van der Waals surface area contributed by atoms with Crippen molar-refractivity contribution < 1.29 is 0 Å². The van der Waals surface area contributed by atoms with Crippen LogP contribution in [0.1, 0.15) is 125 Å². The van der Waals surface area contributed by atoms with Crippen molar-refractivity contribution in [3.05, 3.63) is 185 Å². The Morgan fingerprint density at radius 1 is 0.500 bits per heavy atom. The van der Waals surface area contributed by atoms with Crippen molar-refractivity contribution in [2.45, 2.75) is 147 Å². The van der Waals surface area contributed by atoms with Gasteiger partial charge >= 0.3 is 0 Å². The van der Waals surface area contributed by atoms with Gasteiger partial charge in [-0.05, 0) is 151 Å². The van der Waals surface area contributed by atoms with Gasteiger partial charge in [-0.15, -0.1) is 0 Å². The SMILES string of the molecule is Cc1cccc(N2c3cc(C)ccc3B3c4cc([Si](C)(C)C)cc5c4N(c4cc(N6c7ccc(C(C)(C)C)cc7C7(c8ccccc8)CCCCC67C)cc2c43)C2(C)CCCCC52c2ccccc2)c1. The number of anilines is 7. The quantitative estimate of drug-likeness (QED) is 0.159. The summed E-state index contributed by atoms with van der Waals surface area (Å²) in [4.78, 5) is 8.55. The maximum Gasteiger partial charge on any atom is 0.252 e. The van der Waals surface area contributed by atoms with E-state index in [9.17, 15) is 0 Å². The van der Waals surface area contributed by atoms with Crippen molar-refractivity contribution in [2.75, 3.05) is 14.7 Å². The monoisotopic (exact) mass is 932 g/mol. The summed E-state index contributed by atoms with van der Waals surface area (Å²) < 4.78 is 0. The fourth-order valence-corrected chi connectivity index (χ4v) is 16.9. The number of fused-ring (bicyclic) bond motifs is 10. The normalized spacial score (nSPS) is 24.9. The molecule has 4 aliphatic heterocycles. The Morgan fingerprint density at radius 2 is 1.11 bits per heavy atom. The van der Waals surface area contributed by atoms with Gasteiger partial charge in [-0.2, -0.15) is 0 Å². The van der Waals surface area contributed by atoms with E-state index in [1.807, 2.05) is 0 Å². The van der Waals surface area contributed by atoms with Crippen LogP contribution in [0, 0.1) is 13.8 Å². The zero-order chi connectivity index (χ0) is 48.3. The van der Waals surface area contributed by atoms with Gasteiger partial charge in [-0.1, -0.05) is 180 Å². The third kappa shape index (κ3) is 5.70. The van der Waals surface area contributed by atoms with E-state index in [2.05, 4.69) is 228 Å². The van der Waals surface area contributed by atoms with Crippen LogP contribution in [-0.4, -0.2) is 25.9 Å². The van der Waals surface area contributed by atoms with Crippen molar-refractivity contribution in [1.29, 1.82) is 0 Å². The highest BCUT2D eigenvalue weighted by atomic mass is 28.3. The van der Waals surface area contributed by atoms with E-state index in [4.69, 9.17) is 0 Å². The van der Waals surface area contributed by atoms with Crippen LogP contribution in [-0.2, 0) is 16.2 Å². The first kappa shape index (κ1) is 44.2. The first-order valence-corrected chi connectivity index (χ1v) is 30.2. The van der Waals surface area contributed by atoms with Crippen LogP contribution in [0.25, 0.3) is 0 Å². The highest BCUT2D eigenvalue weighted by molar-refractivity contribution is 7.01. The van der Waals surface area contributed by atoms with E-state index in [1.165, 1.54) is 115 Å². The molecule has 5 heteroatoms. The van der Waals surface area contributed by atoms with Gasteiger partial charge in [0.15, 0.2) is 0 Å². The number of hydrogen-bond donors (Lipinski definition) is 0. The van der Waals surface area contributed by atoms with Crippen LogP contribution < -0.4 is 36.3 Å². The molecule has 2 fully saturated rings. The van der Waals surface area contributed by atoms with Crippen LogP contribution in [0.2, 0.25) is 19.6 Å². The second-order valence-electron chi connectivity index (χ2n) is 24.9. The summed E-state index contributed by atoms with van der Waals surface area (Å²) in [5.41, 5.74) is 23.1. The molecule has 0 amide bonds. The average molecular weight is 932 g/mol. The van der Waals surface area contributed by atoms with Crippen molar-refractivity contribution in [3.8, 4) is 0 Å². The van der Waals surface area contributed by atoms with Gasteiger partial charge in [-0.25, -0.2) is 0 Å². The zero-order valence-corrected chi connectivity index (χ0v) is 44.4. The molecule has 4 atom stereocenters. The van der Waals surface area contributed by atoms with E-state index in [0.717, 1.165) is 25.7 Å². The lowest BCUT2D eigenvalue weighted by Gasteiger charge is -2.55. The maximum absolute atomic E-state index is 2.98. The third-order valence-corrected chi connectivity index (χ3v) is 21.0. The minimum Gasteiger partial charge on any atom is -0.335 e. The van der Waals surface area contributed by atoms with Crippen molar-refractivity contribution in [2.24, 2.45) is 0 Å². The predicted octanol–water partition coefficient (Wildman–Crippen LogP) is 14.3. The molecule has 13 rings (SSSR count). The second kappa shape index (κ2) is 14.9. The Labute approximate surface area is 420 Å². The molecule has 0 aromatic heterocycles. The molecular formula is C65H70BN3Si. The van der Waals surface area contributed by atoms with Gasteiger partial charge < -0.3 is 14.7 Å². The first-order chi connectivity index (χ1) is 33.5. The molecule has 0 bridgehead atoms. The molecule has 3 nitrogen and oxygen atoms in total. The molecule has 2 saturated carbocycles. The molecule has 4 unspecified atom stereocenters. The molecule has 0 N–H and O–H groups in total. The molecule has 2 aliphatic carbocycles. The summed E-state index contributed by atoms with van der Waals surface area (Å²) in [6.07, 6.45) is 9.42. The van der Waals surface area contributed by atoms with Crippen LogP contribution in [0.4, 0.5) is 39.8 Å². The van der Waals surface area contributed by atoms with Crippen LogP contribution in [0.3, 0.4) is 0 Å². The van der Waals surface area contributed by atoms with E-state index >= 15 is 0 Å². The largest absolute Gasteiger partial charge is 0.335 e. The van der Waals surface area contributed by atoms with Crippen LogP contribution in [0.15, 0.2) is 146 Å². The fourth-order valence-electron chi connectivity index (χ4n) is 15.7. The summed E-state index contributed by atoms with van der Waals surface area (Å²) >= 11 is 0. The van der Waals surface area contributed by atoms with Crippen LogP contribution in [0.5, 0.6) is 0 Å². The molecule has 70 heavy (non-hydrogen) atoms. The molecule has 6 aliphatic rings. The van der Waals surface area contributed by atoms with Crippen molar-refractivity contribution >= 4 is 76.2 Å². The molecule has 0 saturated heterocycles. The minimum atomic E-state index is -1.81. The van der Waals surface area contributed by atoms with Gasteiger partial charge in [0.2, 0.25) is 0 Å². The lowest BCUT2D eigenvalue weighted by Crippen LogP contribution is -2.65. The molecular weight excluding hydrogens is 862 g/mol. The summed E-state index contributed by atoms with van der Waals surface area (Å²) in [5.74, 6) is 0. The minimum absolute atomic E-state index is 0.0210. The standard InChI is InChI=1S/C65H70BN3Si/c1-43-22-21-27-48(36-43)67-56-37-44(2)28-30-53(56)66-54-42-50(70(8,9)10)41-52-60(54)69(63(7)33-18-20-35-65(52,63)46-25-15-12-16-26-46)58-40-49(39-57(67)59(58)66)68-55-31-29-47(61(3,4)5)38-51(55)64(45-23-13-11-14-24-45)34-19-17-32-62(64,68)6/h11-16,21-31,36-42H,17-20,32-35H2,1-10H3. The molecule has 352 valence electrons. The Hall–Kier alpha value is -5.78. The fraction of sp³-hybridized carbons (Fsp3) is 0.354. The van der Waals surface area contributed by atoms with E-state index in [0.29, 0.717) is 0 Å². The van der Waals surface area contributed by atoms with Crippen LogP contribution >= 0.6 is 0 Å². The van der Waals surface area contributed by atoms with Crippen molar-refractivity contribution in [3.63, 3.8) is 0 Å². The van der Waals surface area contributed by atoms with E-state index in [-0.39, 0.29) is 34.0 Å². The Kier molecular flexibility index (Phi) is 9.40. The van der Waals surface area contributed by atoms with E-state index in [1.54, 1.807) is 10.8 Å². The zero-order valence-electron chi connectivity index (χ0n) is 43.4. The van der Waals surface area contributed by atoms with Crippen molar-refractivity contribution in [1.82, 2.24) is 0 Å². The number of hydrogen-bond acceptors (Lipinski definition) is 3. The highest BCUT2D eigenvalue weighted by Crippen LogP contribution is 2.67.